The highest BCUT2D eigenvalue weighted by Crippen LogP contribution is 2.33. The van der Waals surface area contributed by atoms with Crippen molar-refractivity contribution in [2.24, 2.45) is 5.92 Å². The first kappa shape index (κ1) is 18.1. The molecule has 0 radical (unpaired) electrons. The molecule has 142 valence electrons. The molecule has 0 bridgehead atoms. The van der Waals surface area contributed by atoms with Crippen molar-refractivity contribution in [3.05, 3.63) is 51.5 Å². The number of thiophene rings is 1. The van der Waals surface area contributed by atoms with Gasteiger partial charge in [0.1, 0.15) is 0 Å². The average Bonchev–Trinajstić information content (AvgIpc) is 3.16. The lowest BCUT2D eigenvalue weighted by molar-refractivity contribution is -0.125. The van der Waals surface area contributed by atoms with Gasteiger partial charge in [-0.2, -0.15) is 0 Å². The standard InChI is InChI=1S/C20H23N3O3S/c24-19(22-13-14-3-5-21-6-4-14)15-1-2-17-16(11-15)12-18(27-17)20(25)23-7-9-26-10-8-23/h3-6,12,15H,1-2,7-11,13H2,(H,22,24)/t15-/m1/s1. The lowest BCUT2D eigenvalue weighted by Gasteiger charge is -2.26. The number of hydrogen-bond donors (Lipinski definition) is 1. The minimum atomic E-state index is -0.0275. The van der Waals surface area contributed by atoms with Gasteiger partial charge in [0.25, 0.3) is 5.91 Å². The van der Waals surface area contributed by atoms with Crippen LogP contribution in [0, 0.1) is 5.92 Å². The van der Waals surface area contributed by atoms with E-state index >= 15 is 0 Å². The molecule has 2 amide bonds. The maximum atomic E-state index is 12.7. The summed E-state index contributed by atoms with van der Waals surface area (Å²) in [6.07, 6.45) is 5.87. The van der Waals surface area contributed by atoms with Gasteiger partial charge in [-0.05, 0) is 48.6 Å². The summed E-state index contributed by atoms with van der Waals surface area (Å²) in [6, 6.07) is 5.81. The number of rotatable bonds is 4. The fourth-order valence-corrected chi connectivity index (χ4v) is 4.79. The van der Waals surface area contributed by atoms with Crippen molar-refractivity contribution in [3.63, 3.8) is 0 Å². The Bertz CT molecular complexity index is 815. The Kier molecular flexibility index (Phi) is 5.50. The van der Waals surface area contributed by atoms with Crippen LogP contribution in [0.25, 0.3) is 0 Å². The van der Waals surface area contributed by atoms with Crippen LogP contribution in [0.4, 0.5) is 0 Å². The number of nitrogens with zero attached hydrogens (tertiary/aromatic N) is 2. The Morgan fingerprint density at radius 1 is 1.26 bits per heavy atom. The number of fused-ring (bicyclic) bond motifs is 1. The molecule has 1 aliphatic heterocycles. The number of hydrogen-bond acceptors (Lipinski definition) is 5. The number of aromatic nitrogens is 1. The molecule has 0 spiro atoms. The van der Waals surface area contributed by atoms with Gasteiger partial charge in [0.15, 0.2) is 0 Å². The van der Waals surface area contributed by atoms with Crippen LogP contribution in [0.1, 0.15) is 32.1 Å². The maximum absolute atomic E-state index is 12.7. The highest BCUT2D eigenvalue weighted by atomic mass is 32.1. The van der Waals surface area contributed by atoms with Crippen molar-refractivity contribution in [2.45, 2.75) is 25.8 Å². The first-order valence-corrected chi connectivity index (χ1v) is 10.2. The SMILES string of the molecule is O=C(NCc1ccncc1)[C@@H]1CCc2sc(C(=O)N3CCOCC3)cc2C1. The Morgan fingerprint density at radius 2 is 2.04 bits per heavy atom. The maximum Gasteiger partial charge on any atom is 0.264 e. The minimum Gasteiger partial charge on any atom is -0.378 e. The van der Waals surface area contributed by atoms with Crippen LogP contribution in [-0.2, 0) is 28.9 Å². The molecule has 2 aromatic rings. The first-order chi connectivity index (χ1) is 13.2. The van der Waals surface area contributed by atoms with Gasteiger partial charge in [0, 0.05) is 42.8 Å². The molecule has 1 N–H and O–H groups in total. The Hall–Kier alpha value is -2.25. The van der Waals surface area contributed by atoms with E-state index in [9.17, 15) is 9.59 Å². The molecule has 0 aromatic carbocycles. The highest BCUT2D eigenvalue weighted by Gasteiger charge is 2.28. The van der Waals surface area contributed by atoms with E-state index in [1.54, 1.807) is 23.7 Å². The molecule has 7 heteroatoms. The molecule has 1 fully saturated rings. The van der Waals surface area contributed by atoms with E-state index in [1.807, 2.05) is 23.1 Å². The molecule has 1 atom stereocenters. The molecule has 2 aromatic heterocycles. The number of amides is 2. The Labute approximate surface area is 162 Å². The Morgan fingerprint density at radius 3 is 2.81 bits per heavy atom. The number of ether oxygens (including phenoxy) is 1. The third-order valence-electron chi connectivity index (χ3n) is 5.18. The quantitative estimate of drug-likeness (QED) is 0.874. The van der Waals surface area contributed by atoms with Crippen LogP contribution in [-0.4, -0.2) is 48.0 Å². The van der Waals surface area contributed by atoms with Gasteiger partial charge in [0.05, 0.1) is 18.1 Å². The van der Waals surface area contributed by atoms with Crippen LogP contribution in [0.2, 0.25) is 0 Å². The summed E-state index contributed by atoms with van der Waals surface area (Å²) in [5, 5.41) is 3.03. The summed E-state index contributed by atoms with van der Waals surface area (Å²) >= 11 is 1.59. The van der Waals surface area contributed by atoms with Crippen LogP contribution in [0.15, 0.2) is 30.6 Å². The van der Waals surface area contributed by atoms with Gasteiger partial charge < -0.3 is 15.0 Å². The van der Waals surface area contributed by atoms with Crippen LogP contribution in [0.3, 0.4) is 0 Å². The van der Waals surface area contributed by atoms with E-state index in [0.29, 0.717) is 39.3 Å². The fraction of sp³-hybridized carbons (Fsp3) is 0.450. The molecule has 0 unspecified atom stereocenters. The van der Waals surface area contributed by atoms with Crippen molar-refractivity contribution in [1.29, 1.82) is 0 Å². The summed E-state index contributed by atoms with van der Waals surface area (Å²) < 4.78 is 5.32. The van der Waals surface area contributed by atoms with Gasteiger partial charge in [-0.1, -0.05) is 0 Å². The van der Waals surface area contributed by atoms with E-state index in [2.05, 4.69) is 10.3 Å². The second kappa shape index (κ2) is 8.19. The fourth-order valence-electron chi connectivity index (χ4n) is 3.61. The summed E-state index contributed by atoms with van der Waals surface area (Å²) in [5.41, 5.74) is 2.20. The van der Waals surface area contributed by atoms with E-state index < -0.39 is 0 Å². The van der Waals surface area contributed by atoms with Gasteiger partial charge >= 0.3 is 0 Å². The molecule has 1 aliphatic carbocycles. The molecule has 0 saturated carbocycles. The number of pyridine rings is 1. The minimum absolute atomic E-state index is 0.0275. The van der Waals surface area contributed by atoms with E-state index in [4.69, 9.17) is 4.74 Å². The normalized spacial score (nSPS) is 19.4. The molecule has 1 saturated heterocycles. The molecule has 3 heterocycles. The van der Waals surface area contributed by atoms with Gasteiger partial charge in [0.2, 0.25) is 5.91 Å². The second-order valence-electron chi connectivity index (χ2n) is 6.98. The largest absolute Gasteiger partial charge is 0.378 e. The van der Waals surface area contributed by atoms with Crippen LogP contribution >= 0.6 is 11.3 Å². The number of aryl methyl sites for hydroxylation is 1. The van der Waals surface area contributed by atoms with Crippen molar-refractivity contribution in [3.8, 4) is 0 Å². The predicted octanol–water partition coefficient (Wildman–Crippen LogP) is 2.04. The second-order valence-corrected chi connectivity index (χ2v) is 8.11. The number of carbonyl (C=O) groups is 2. The summed E-state index contributed by atoms with van der Waals surface area (Å²) in [6.45, 7) is 3.05. The number of nitrogens with one attached hydrogen (secondary N) is 1. The zero-order valence-corrected chi connectivity index (χ0v) is 16.0. The monoisotopic (exact) mass is 385 g/mol. The molecular weight excluding hydrogens is 362 g/mol. The molecular formula is C20H23N3O3S. The summed E-state index contributed by atoms with van der Waals surface area (Å²) in [7, 11) is 0. The zero-order chi connectivity index (χ0) is 18.6. The van der Waals surface area contributed by atoms with Crippen molar-refractivity contribution < 1.29 is 14.3 Å². The first-order valence-electron chi connectivity index (χ1n) is 9.36. The highest BCUT2D eigenvalue weighted by molar-refractivity contribution is 7.14. The van der Waals surface area contributed by atoms with Crippen molar-refractivity contribution >= 4 is 23.2 Å². The van der Waals surface area contributed by atoms with E-state index in [-0.39, 0.29) is 17.7 Å². The van der Waals surface area contributed by atoms with Crippen LogP contribution in [0.5, 0.6) is 0 Å². The predicted molar refractivity (Wildman–Crippen MR) is 103 cm³/mol. The third kappa shape index (κ3) is 4.20. The molecule has 2 aliphatic rings. The third-order valence-corrected chi connectivity index (χ3v) is 6.40. The molecule has 4 rings (SSSR count). The van der Waals surface area contributed by atoms with E-state index in [1.165, 1.54) is 4.88 Å². The molecule has 6 nitrogen and oxygen atoms in total. The zero-order valence-electron chi connectivity index (χ0n) is 15.1. The van der Waals surface area contributed by atoms with Gasteiger partial charge in [-0.3, -0.25) is 14.6 Å². The summed E-state index contributed by atoms with van der Waals surface area (Å²) in [5.74, 6) is 0.154. The molecule has 27 heavy (non-hydrogen) atoms. The number of carbonyl (C=O) groups excluding carboxylic acids is 2. The topological polar surface area (TPSA) is 71.5 Å². The van der Waals surface area contributed by atoms with Crippen LogP contribution < -0.4 is 5.32 Å². The van der Waals surface area contributed by atoms with Crippen molar-refractivity contribution in [2.75, 3.05) is 26.3 Å². The summed E-state index contributed by atoms with van der Waals surface area (Å²) in [4.78, 5) is 33.1. The van der Waals surface area contributed by atoms with E-state index in [0.717, 1.165) is 28.8 Å². The lowest BCUT2D eigenvalue weighted by Crippen LogP contribution is -2.40. The smallest absolute Gasteiger partial charge is 0.264 e. The Balaban J connectivity index is 1.37. The number of morpholine rings is 1. The lowest BCUT2D eigenvalue weighted by atomic mass is 9.87. The van der Waals surface area contributed by atoms with Gasteiger partial charge in [-0.25, -0.2) is 0 Å². The van der Waals surface area contributed by atoms with Gasteiger partial charge in [-0.15, -0.1) is 11.3 Å². The van der Waals surface area contributed by atoms with Crippen molar-refractivity contribution in [1.82, 2.24) is 15.2 Å². The average molecular weight is 385 g/mol.